The molecular formula is C15H18N4O3. The Morgan fingerprint density at radius 3 is 3.09 bits per heavy atom. The van der Waals surface area contributed by atoms with E-state index in [0.717, 1.165) is 13.0 Å². The normalized spacial score (nSPS) is 17.7. The van der Waals surface area contributed by atoms with E-state index in [-0.39, 0.29) is 24.4 Å². The van der Waals surface area contributed by atoms with Crippen molar-refractivity contribution in [1.29, 1.82) is 0 Å². The Morgan fingerprint density at radius 1 is 1.41 bits per heavy atom. The van der Waals surface area contributed by atoms with Crippen molar-refractivity contribution in [2.24, 2.45) is 5.92 Å². The van der Waals surface area contributed by atoms with Crippen LogP contribution in [0.3, 0.4) is 0 Å². The van der Waals surface area contributed by atoms with Gasteiger partial charge in [0, 0.05) is 25.5 Å². The van der Waals surface area contributed by atoms with Gasteiger partial charge >= 0.3 is 0 Å². The molecule has 0 aliphatic carbocycles. The van der Waals surface area contributed by atoms with E-state index in [9.17, 15) is 9.59 Å². The van der Waals surface area contributed by atoms with Crippen LogP contribution in [0.15, 0.2) is 29.1 Å². The molecular weight excluding hydrogens is 284 g/mol. The molecule has 1 fully saturated rings. The van der Waals surface area contributed by atoms with Crippen LogP contribution >= 0.6 is 0 Å². The molecule has 116 valence electrons. The first kappa shape index (κ1) is 14.6. The Labute approximate surface area is 127 Å². The average molecular weight is 302 g/mol. The predicted molar refractivity (Wildman–Crippen MR) is 80.4 cm³/mol. The highest BCUT2D eigenvalue weighted by molar-refractivity contribution is 5.77. The van der Waals surface area contributed by atoms with Crippen LogP contribution in [-0.4, -0.2) is 40.7 Å². The lowest BCUT2D eigenvalue weighted by atomic mass is 10.1. The number of amides is 1. The number of carbonyl (C=O) groups is 1. The third-order valence-corrected chi connectivity index (χ3v) is 3.79. The molecule has 0 spiro atoms. The van der Waals surface area contributed by atoms with E-state index in [1.54, 1.807) is 24.3 Å². The van der Waals surface area contributed by atoms with Gasteiger partial charge in [-0.05, 0) is 18.6 Å². The molecule has 1 atom stereocenters. The summed E-state index contributed by atoms with van der Waals surface area (Å²) < 4.78 is 6.50. The topological polar surface area (TPSA) is 86.1 Å². The van der Waals surface area contributed by atoms with Crippen molar-refractivity contribution in [1.82, 2.24) is 20.3 Å². The van der Waals surface area contributed by atoms with Gasteiger partial charge in [-0.3, -0.25) is 9.59 Å². The van der Waals surface area contributed by atoms with Crippen LogP contribution in [0, 0.1) is 5.92 Å². The number of aromatic nitrogens is 3. The summed E-state index contributed by atoms with van der Waals surface area (Å²) in [5, 5.41) is 11.2. The van der Waals surface area contributed by atoms with Crippen molar-refractivity contribution in [3.05, 3.63) is 34.6 Å². The maximum Gasteiger partial charge on any atom is 0.277 e. The van der Waals surface area contributed by atoms with Crippen molar-refractivity contribution in [2.75, 3.05) is 19.8 Å². The van der Waals surface area contributed by atoms with Gasteiger partial charge in [0.15, 0.2) is 0 Å². The number of nitrogens with zero attached hydrogens (tertiary/aromatic N) is 3. The molecule has 7 nitrogen and oxygen atoms in total. The summed E-state index contributed by atoms with van der Waals surface area (Å²) in [7, 11) is 0. The number of benzene rings is 1. The monoisotopic (exact) mass is 302 g/mol. The van der Waals surface area contributed by atoms with Crippen molar-refractivity contribution in [3.8, 4) is 0 Å². The minimum atomic E-state index is -0.220. The molecule has 1 saturated heterocycles. The van der Waals surface area contributed by atoms with Crippen LogP contribution < -0.4 is 10.9 Å². The van der Waals surface area contributed by atoms with Gasteiger partial charge in [0.1, 0.15) is 5.52 Å². The first-order valence-corrected chi connectivity index (χ1v) is 7.41. The van der Waals surface area contributed by atoms with Gasteiger partial charge in [0.05, 0.1) is 18.5 Å². The van der Waals surface area contributed by atoms with Gasteiger partial charge in [-0.2, -0.15) is 0 Å². The van der Waals surface area contributed by atoms with Crippen LogP contribution in [0.25, 0.3) is 10.9 Å². The SMILES string of the molecule is O=C(CCn1nnc2ccccc2c1=O)NCC1CCOC1. The Hall–Kier alpha value is -2.28. The van der Waals surface area contributed by atoms with E-state index >= 15 is 0 Å². The van der Waals surface area contributed by atoms with E-state index in [2.05, 4.69) is 15.6 Å². The number of nitrogens with one attached hydrogen (secondary N) is 1. The number of fused-ring (bicyclic) bond motifs is 1. The standard InChI is InChI=1S/C15H18N4O3/c20-14(16-9-11-6-8-22-10-11)5-7-19-15(21)12-3-1-2-4-13(12)17-18-19/h1-4,11H,5-10H2,(H,16,20). The summed E-state index contributed by atoms with van der Waals surface area (Å²) in [5.74, 6) is 0.306. The van der Waals surface area contributed by atoms with Crippen molar-refractivity contribution >= 4 is 16.8 Å². The zero-order valence-corrected chi connectivity index (χ0v) is 12.2. The highest BCUT2D eigenvalue weighted by Crippen LogP contribution is 2.10. The first-order chi connectivity index (χ1) is 10.7. The van der Waals surface area contributed by atoms with Gasteiger partial charge in [0.2, 0.25) is 5.91 Å². The summed E-state index contributed by atoms with van der Waals surface area (Å²) in [6, 6.07) is 7.04. The molecule has 2 heterocycles. The van der Waals surface area contributed by atoms with E-state index in [1.165, 1.54) is 4.68 Å². The van der Waals surface area contributed by atoms with Crippen molar-refractivity contribution < 1.29 is 9.53 Å². The highest BCUT2D eigenvalue weighted by atomic mass is 16.5. The zero-order chi connectivity index (χ0) is 15.4. The van der Waals surface area contributed by atoms with Crippen molar-refractivity contribution in [3.63, 3.8) is 0 Å². The second-order valence-electron chi connectivity index (χ2n) is 5.42. The molecule has 0 saturated carbocycles. The Balaban J connectivity index is 1.58. The van der Waals surface area contributed by atoms with Gasteiger partial charge in [-0.25, -0.2) is 4.68 Å². The predicted octanol–water partition coefficient (Wildman–Crippen LogP) is 0.334. The number of hydrogen-bond donors (Lipinski definition) is 1. The van der Waals surface area contributed by atoms with E-state index in [4.69, 9.17) is 4.74 Å². The second-order valence-corrected chi connectivity index (χ2v) is 5.42. The summed E-state index contributed by atoms with van der Waals surface area (Å²) in [6.45, 7) is 2.32. The molecule has 0 radical (unpaired) electrons. The number of rotatable bonds is 5. The second kappa shape index (κ2) is 6.65. The lowest BCUT2D eigenvalue weighted by molar-refractivity contribution is -0.121. The first-order valence-electron chi connectivity index (χ1n) is 7.41. The Morgan fingerprint density at radius 2 is 2.27 bits per heavy atom. The molecule has 0 bridgehead atoms. The van der Waals surface area contributed by atoms with Gasteiger partial charge in [-0.15, -0.1) is 5.10 Å². The van der Waals surface area contributed by atoms with Gasteiger partial charge < -0.3 is 10.1 Å². The fourth-order valence-corrected chi connectivity index (χ4v) is 2.47. The van der Waals surface area contributed by atoms with E-state index < -0.39 is 0 Å². The van der Waals surface area contributed by atoms with Gasteiger partial charge in [0.25, 0.3) is 5.56 Å². The quantitative estimate of drug-likeness (QED) is 0.860. The zero-order valence-electron chi connectivity index (χ0n) is 12.2. The number of aryl methyl sites for hydroxylation is 1. The molecule has 3 rings (SSSR count). The fourth-order valence-electron chi connectivity index (χ4n) is 2.47. The molecule has 1 aromatic carbocycles. The minimum Gasteiger partial charge on any atom is -0.381 e. The molecule has 1 aliphatic rings. The molecule has 22 heavy (non-hydrogen) atoms. The molecule has 7 heteroatoms. The molecule has 1 aliphatic heterocycles. The number of carbonyl (C=O) groups excluding carboxylic acids is 1. The van der Waals surface area contributed by atoms with E-state index in [0.29, 0.717) is 30.0 Å². The summed E-state index contributed by atoms with van der Waals surface area (Å²) in [5.41, 5.74) is 0.344. The summed E-state index contributed by atoms with van der Waals surface area (Å²) >= 11 is 0. The van der Waals surface area contributed by atoms with Crippen LogP contribution in [0.4, 0.5) is 0 Å². The highest BCUT2D eigenvalue weighted by Gasteiger charge is 2.16. The molecule has 1 unspecified atom stereocenters. The third kappa shape index (κ3) is 3.30. The van der Waals surface area contributed by atoms with Crippen LogP contribution in [0.2, 0.25) is 0 Å². The van der Waals surface area contributed by atoms with Gasteiger partial charge in [-0.1, -0.05) is 17.3 Å². The number of hydrogen-bond acceptors (Lipinski definition) is 5. The Bertz CT molecular complexity index is 722. The molecule has 1 aromatic heterocycles. The summed E-state index contributed by atoms with van der Waals surface area (Å²) in [4.78, 5) is 24.1. The van der Waals surface area contributed by atoms with Crippen LogP contribution in [0.5, 0.6) is 0 Å². The van der Waals surface area contributed by atoms with Crippen LogP contribution in [-0.2, 0) is 16.1 Å². The van der Waals surface area contributed by atoms with Crippen LogP contribution in [0.1, 0.15) is 12.8 Å². The maximum absolute atomic E-state index is 12.2. The fraction of sp³-hybridized carbons (Fsp3) is 0.467. The third-order valence-electron chi connectivity index (χ3n) is 3.79. The number of ether oxygens (including phenoxy) is 1. The largest absolute Gasteiger partial charge is 0.381 e. The Kier molecular flexibility index (Phi) is 4.43. The maximum atomic E-state index is 12.2. The molecule has 1 amide bonds. The summed E-state index contributed by atoms with van der Waals surface area (Å²) in [6.07, 6.45) is 1.19. The lowest BCUT2D eigenvalue weighted by Gasteiger charge is -2.09. The molecule has 2 aromatic rings. The molecule has 1 N–H and O–H groups in total. The minimum absolute atomic E-state index is 0.0891. The smallest absolute Gasteiger partial charge is 0.277 e. The lowest BCUT2D eigenvalue weighted by Crippen LogP contribution is -2.32. The van der Waals surface area contributed by atoms with Crippen molar-refractivity contribution in [2.45, 2.75) is 19.4 Å². The average Bonchev–Trinajstić information content (AvgIpc) is 3.06. The van der Waals surface area contributed by atoms with E-state index in [1.807, 2.05) is 0 Å².